The maximum atomic E-state index is 14.3. The van der Waals surface area contributed by atoms with Gasteiger partial charge in [-0.05, 0) is 109 Å². The molecule has 0 aromatic heterocycles. The lowest BCUT2D eigenvalue weighted by atomic mass is 9.33. The highest BCUT2D eigenvalue weighted by atomic mass is 16.5. The number of rotatable bonds is 5. The molecule has 1 N–H and O–H groups in total. The van der Waals surface area contributed by atoms with Gasteiger partial charge in [0, 0.05) is 23.6 Å². The summed E-state index contributed by atoms with van der Waals surface area (Å²) in [7, 11) is 1.59. The summed E-state index contributed by atoms with van der Waals surface area (Å²) in [5.74, 6) is 2.46. The fourth-order valence-corrected chi connectivity index (χ4v) is 11.8. The van der Waals surface area contributed by atoms with Gasteiger partial charge in [-0.25, -0.2) is 0 Å². The minimum Gasteiger partial charge on any atom is -0.497 e. The number of benzene rings is 1. The van der Waals surface area contributed by atoms with Crippen LogP contribution in [0.15, 0.2) is 35.9 Å². The summed E-state index contributed by atoms with van der Waals surface area (Å²) in [6.45, 7) is 16.4. The van der Waals surface area contributed by atoms with Gasteiger partial charge < -0.3 is 14.8 Å². The summed E-state index contributed by atoms with van der Waals surface area (Å²) < 4.78 is 11.2. The van der Waals surface area contributed by atoms with Gasteiger partial charge >= 0.3 is 5.97 Å². The Morgan fingerprint density at radius 2 is 1.71 bits per heavy atom. The molecule has 9 atom stereocenters. The maximum Gasteiger partial charge on any atom is 0.313 e. The zero-order valence-corrected chi connectivity index (χ0v) is 28.9. The Kier molecular flexibility index (Phi) is 7.88. The Hall–Kier alpha value is -2.63. The Morgan fingerprint density at radius 1 is 0.956 bits per heavy atom. The predicted octanol–water partition coefficient (Wildman–Crippen LogP) is 8.40. The topological polar surface area (TPSA) is 81.7 Å². The third-order valence-corrected chi connectivity index (χ3v) is 14.8. The van der Waals surface area contributed by atoms with Crippen molar-refractivity contribution in [2.75, 3.05) is 19.0 Å². The predicted molar refractivity (Wildman–Crippen MR) is 177 cm³/mol. The van der Waals surface area contributed by atoms with Crippen molar-refractivity contribution in [1.82, 2.24) is 0 Å². The summed E-state index contributed by atoms with van der Waals surface area (Å²) in [6.07, 6.45) is 11.0. The van der Waals surface area contributed by atoms with Crippen LogP contribution in [0.3, 0.4) is 0 Å². The molecule has 6 rings (SSSR count). The van der Waals surface area contributed by atoms with Crippen LogP contribution in [0.1, 0.15) is 106 Å². The van der Waals surface area contributed by atoms with Crippen LogP contribution in [0.4, 0.5) is 5.69 Å². The number of fused-ring (bicyclic) bond motifs is 7. The summed E-state index contributed by atoms with van der Waals surface area (Å²) in [4.78, 5) is 40.3. The molecule has 45 heavy (non-hydrogen) atoms. The minimum atomic E-state index is -0.600. The number of hydrogen-bond acceptors (Lipinski definition) is 5. The van der Waals surface area contributed by atoms with Crippen LogP contribution in [0.5, 0.6) is 5.75 Å². The zero-order chi connectivity index (χ0) is 32.6. The highest BCUT2D eigenvalue weighted by Gasteiger charge is 2.69. The molecule has 5 aliphatic carbocycles. The van der Waals surface area contributed by atoms with Gasteiger partial charge in [-0.3, -0.25) is 14.4 Å². The van der Waals surface area contributed by atoms with E-state index < -0.39 is 5.41 Å². The number of methoxy groups -OCH3 is 1. The number of hydrogen-bond donors (Lipinski definition) is 1. The minimum absolute atomic E-state index is 0.0149. The van der Waals surface area contributed by atoms with Gasteiger partial charge in [-0.15, -0.1) is 0 Å². The number of amides is 1. The largest absolute Gasteiger partial charge is 0.497 e. The van der Waals surface area contributed by atoms with Crippen LogP contribution in [0.2, 0.25) is 0 Å². The Balaban J connectivity index is 1.29. The summed E-state index contributed by atoms with van der Waals surface area (Å²) >= 11 is 0. The molecule has 0 spiro atoms. The van der Waals surface area contributed by atoms with Crippen molar-refractivity contribution in [3.8, 4) is 5.75 Å². The summed E-state index contributed by atoms with van der Waals surface area (Å²) in [6, 6.07) is 7.19. The fraction of sp³-hybridized carbons (Fsp3) is 0.718. The summed E-state index contributed by atoms with van der Waals surface area (Å²) in [5.41, 5.74) is 1.45. The standard InChI is InChI=1S/C39H55NO5/c1-24-14-19-39(34(43)45-23-32(42)40-26-10-9-11-27(22-26)44-8)21-20-37(6)28(33(39)25(24)2)12-13-30-36(5)17-16-31(41)35(3,4)29(36)15-18-38(30,37)7/h9-12,22,24-25,29-30,33H,13-21,23H2,1-8H3,(H,40,42)/t24-,25+,29+,30-,33+,36+,37-,38-,39+/m1/s1. The molecule has 1 aromatic rings. The first-order chi connectivity index (χ1) is 21.1. The molecule has 4 fully saturated rings. The first kappa shape index (κ1) is 32.3. The smallest absolute Gasteiger partial charge is 0.313 e. The van der Waals surface area contributed by atoms with E-state index in [1.165, 1.54) is 5.57 Å². The highest BCUT2D eigenvalue weighted by molar-refractivity contribution is 5.93. The number of carbonyl (C=O) groups excluding carboxylic acids is 3. The van der Waals surface area contributed by atoms with Crippen LogP contribution >= 0.6 is 0 Å². The normalized spacial score (nSPS) is 41.7. The molecule has 4 saturated carbocycles. The van der Waals surface area contributed by atoms with Crippen LogP contribution in [0.25, 0.3) is 0 Å². The van der Waals surface area contributed by atoms with Crippen LogP contribution in [0, 0.1) is 56.7 Å². The first-order valence-corrected chi connectivity index (χ1v) is 17.5. The van der Waals surface area contributed by atoms with Gasteiger partial charge in [-0.1, -0.05) is 66.2 Å². The number of anilines is 1. The molecular weight excluding hydrogens is 562 g/mol. The van der Waals surface area contributed by atoms with E-state index in [4.69, 9.17) is 9.47 Å². The Morgan fingerprint density at radius 3 is 2.44 bits per heavy atom. The molecule has 246 valence electrons. The highest BCUT2D eigenvalue weighted by Crippen LogP contribution is 2.75. The molecule has 0 aliphatic heterocycles. The van der Waals surface area contributed by atoms with E-state index in [2.05, 4.69) is 59.9 Å². The second-order valence-corrected chi connectivity index (χ2v) is 16.8. The SMILES string of the molecule is COc1cccc(NC(=O)COC(=O)[C@]23CC[C@@H](C)[C@H](C)[C@H]2C2=CC[C@@H]4[C@@]5(C)CCC(=O)C(C)(C)[C@@H]5CC[C@@]4(C)[C@]2(C)CC3)c1. The average Bonchev–Trinajstić information content (AvgIpc) is 3.00. The van der Waals surface area contributed by atoms with Gasteiger partial charge in [-0.2, -0.15) is 0 Å². The molecule has 6 nitrogen and oxygen atoms in total. The van der Waals surface area contributed by atoms with Crippen LogP contribution in [-0.4, -0.2) is 31.4 Å². The Labute approximate surface area is 270 Å². The number of Topliss-reactive ketones (excluding diaryl/α,β-unsaturated/α-hetero) is 1. The van der Waals surface area contributed by atoms with Crippen molar-refractivity contribution in [2.45, 2.75) is 106 Å². The van der Waals surface area contributed by atoms with E-state index in [9.17, 15) is 14.4 Å². The number of esters is 1. The van der Waals surface area contributed by atoms with E-state index in [1.54, 1.807) is 19.2 Å². The zero-order valence-electron chi connectivity index (χ0n) is 28.9. The second kappa shape index (κ2) is 11.0. The van der Waals surface area contributed by atoms with Crippen molar-refractivity contribution in [1.29, 1.82) is 0 Å². The van der Waals surface area contributed by atoms with E-state index in [-0.39, 0.29) is 46.1 Å². The average molecular weight is 618 g/mol. The molecule has 1 aromatic carbocycles. The number of carbonyl (C=O) groups is 3. The third-order valence-electron chi connectivity index (χ3n) is 14.8. The van der Waals surface area contributed by atoms with Gasteiger partial charge in [0.25, 0.3) is 5.91 Å². The second-order valence-electron chi connectivity index (χ2n) is 16.8. The molecular formula is C39H55NO5. The van der Waals surface area contributed by atoms with Crippen LogP contribution in [-0.2, 0) is 19.1 Å². The fourth-order valence-electron chi connectivity index (χ4n) is 11.8. The van der Waals surface area contributed by atoms with E-state index in [0.29, 0.717) is 47.3 Å². The van der Waals surface area contributed by atoms with E-state index >= 15 is 0 Å². The molecule has 0 bridgehead atoms. The monoisotopic (exact) mass is 617 g/mol. The lowest BCUT2D eigenvalue weighted by Crippen LogP contribution is -2.65. The van der Waals surface area contributed by atoms with E-state index in [1.807, 2.05) is 12.1 Å². The molecule has 0 heterocycles. The van der Waals surface area contributed by atoms with Crippen molar-refractivity contribution in [3.63, 3.8) is 0 Å². The van der Waals surface area contributed by atoms with Crippen molar-refractivity contribution >= 4 is 23.3 Å². The van der Waals surface area contributed by atoms with E-state index in [0.717, 1.165) is 51.4 Å². The third kappa shape index (κ3) is 4.65. The molecule has 6 heteroatoms. The van der Waals surface area contributed by atoms with Gasteiger partial charge in [0.2, 0.25) is 0 Å². The molecule has 0 radical (unpaired) electrons. The van der Waals surface area contributed by atoms with Gasteiger partial charge in [0.15, 0.2) is 6.61 Å². The van der Waals surface area contributed by atoms with Crippen molar-refractivity contribution in [2.24, 2.45) is 56.7 Å². The molecule has 0 unspecified atom stereocenters. The quantitative estimate of drug-likeness (QED) is 0.265. The summed E-state index contributed by atoms with van der Waals surface area (Å²) in [5, 5.41) is 2.85. The number of ketones is 1. The maximum absolute atomic E-state index is 14.3. The number of nitrogens with one attached hydrogen (secondary N) is 1. The molecule has 0 saturated heterocycles. The first-order valence-electron chi connectivity index (χ1n) is 17.5. The molecule has 5 aliphatic rings. The van der Waals surface area contributed by atoms with Crippen molar-refractivity contribution in [3.05, 3.63) is 35.9 Å². The van der Waals surface area contributed by atoms with Crippen LogP contribution < -0.4 is 10.1 Å². The lowest BCUT2D eigenvalue weighted by Gasteiger charge is -2.70. The van der Waals surface area contributed by atoms with Gasteiger partial charge in [0.05, 0.1) is 12.5 Å². The lowest BCUT2D eigenvalue weighted by molar-refractivity contribution is -0.192. The Bertz CT molecular complexity index is 1410. The van der Waals surface area contributed by atoms with Crippen molar-refractivity contribution < 1.29 is 23.9 Å². The number of ether oxygens (including phenoxy) is 2. The van der Waals surface area contributed by atoms with Gasteiger partial charge in [0.1, 0.15) is 11.5 Å². The number of allylic oxidation sites excluding steroid dienone is 2. The molecule has 1 amide bonds.